The van der Waals surface area contributed by atoms with Crippen LogP contribution in [0.2, 0.25) is 0 Å². The number of aryl methyl sites for hydroxylation is 1. The van der Waals surface area contributed by atoms with E-state index in [9.17, 15) is 14.4 Å². The molecule has 0 fully saturated rings. The predicted molar refractivity (Wildman–Crippen MR) is 118 cm³/mol. The molecule has 0 spiro atoms. The topological polar surface area (TPSA) is 88.2 Å². The van der Waals surface area contributed by atoms with Crippen LogP contribution in [0, 0.1) is 6.92 Å². The van der Waals surface area contributed by atoms with Crippen LogP contribution in [-0.2, 0) is 9.59 Å². The number of hydrogen-bond acceptors (Lipinski definition) is 7. The Morgan fingerprint density at radius 3 is 2.48 bits per heavy atom. The highest BCUT2D eigenvalue weighted by atomic mass is 32.1. The van der Waals surface area contributed by atoms with E-state index in [-0.39, 0.29) is 43.2 Å². The van der Waals surface area contributed by atoms with Crippen molar-refractivity contribution in [3.8, 4) is 0 Å². The second-order valence-electron chi connectivity index (χ2n) is 6.64. The molecule has 0 saturated carbocycles. The van der Waals surface area contributed by atoms with Crippen molar-refractivity contribution in [2.24, 2.45) is 0 Å². The molecule has 0 atom stereocenters. The Bertz CT molecular complexity index is 976. The maximum atomic E-state index is 12.0. The van der Waals surface area contributed by atoms with Gasteiger partial charge in [-0.15, -0.1) is 11.3 Å². The molecule has 3 rings (SSSR count). The van der Waals surface area contributed by atoms with Gasteiger partial charge in [-0.1, -0.05) is 23.5 Å². The van der Waals surface area contributed by atoms with E-state index in [4.69, 9.17) is 0 Å². The van der Waals surface area contributed by atoms with Crippen molar-refractivity contribution in [3.05, 3.63) is 46.2 Å². The van der Waals surface area contributed by atoms with Gasteiger partial charge in [0.15, 0.2) is 10.9 Å². The van der Waals surface area contributed by atoms with Crippen LogP contribution >= 0.6 is 22.7 Å². The number of para-hydroxylation sites is 1. The summed E-state index contributed by atoms with van der Waals surface area (Å²) in [5.41, 5.74) is 0.954. The highest BCUT2D eigenvalue weighted by molar-refractivity contribution is 7.22. The van der Waals surface area contributed by atoms with Crippen molar-refractivity contribution >= 4 is 55.5 Å². The molecule has 2 N–H and O–H groups in total. The third-order valence-corrected chi connectivity index (χ3v) is 6.33. The van der Waals surface area contributed by atoms with Gasteiger partial charge in [0.05, 0.1) is 15.1 Å². The van der Waals surface area contributed by atoms with Gasteiger partial charge in [-0.05, 0) is 31.2 Å². The first-order chi connectivity index (χ1) is 14.0. The van der Waals surface area contributed by atoms with Gasteiger partial charge in [-0.3, -0.25) is 14.4 Å². The van der Waals surface area contributed by atoms with Crippen LogP contribution in [0.1, 0.15) is 40.2 Å². The number of rotatable bonds is 11. The number of nitrogens with one attached hydrogen (secondary N) is 2. The van der Waals surface area contributed by atoms with Gasteiger partial charge in [-0.25, -0.2) is 4.98 Å². The average Bonchev–Trinajstić information content (AvgIpc) is 3.33. The number of ketones is 2. The lowest BCUT2D eigenvalue weighted by molar-refractivity contribution is -0.125. The Morgan fingerprint density at radius 2 is 1.72 bits per heavy atom. The van der Waals surface area contributed by atoms with Gasteiger partial charge in [0.25, 0.3) is 0 Å². The largest absolute Gasteiger partial charge is 0.360 e. The molecule has 152 valence electrons. The van der Waals surface area contributed by atoms with Crippen molar-refractivity contribution in [3.63, 3.8) is 0 Å². The van der Waals surface area contributed by atoms with Crippen LogP contribution in [-0.4, -0.2) is 35.5 Å². The second kappa shape index (κ2) is 10.3. The molecule has 0 unspecified atom stereocenters. The highest BCUT2D eigenvalue weighted by Crippen LogP contribution is 2.24. The van der Waals surface area contributed by atoms with Crippen LogP contribution < -0.4 is 10.6 Å². The van der Waals surface area contributed by atoms with E-state index in [1.54, 1.807) is 17.4 Å². The highest BCUT2D eigenvalue weighted by Gasteiger charge is 2.12. The zero-order chi connectivity index (χ0) is 20.6. The van der Waals surface area contributed by atoms with E-state index < -0.39 is 0 Å². The number of hydrogen-bond donors (Lipinski definition) is 2. The Morgan fingerprint density at radius 1 is 0.931 bits per heavy atom. The molecule has 1 aromatic carbocycles. The minimum atomic E-state index is -0.162. The molecule has 1 amide bonds. The van der Waals surface area contributed by atoms with E-state index in [1.165, 1.54) is 11.3 Å². The summed E-state index contributed by atoms with van der Waals surface area (Å²) >= 11 is 3.01. The van der Waals surface area contributed by atoms with Gasteiger partial charge in [0.1, 0.15) is 5.78 Å². The predicted octanol–water partition coefficient (Wildman–Crippen LogP) is 4.21. The van der Waals surface area contributed by atoms with Crippen LogP contribution in [0.3, 0.4) is 0 Å². The first-order valence-corrected chi connectivity index (χ1v) is 11.1. The fraction of sp³-hybridized carbons (Fsp3) is 0.333. The number of aromatic nitrogens is 1. The summed E-state index contributed by atoms with van der Waals surface area (Å²) in [6.45, 7) is 2.97. The molecule has 0 saturated heterocycles. The summed E-state index contributed by atoms with van der Waals surface area (Å²) in [4.78, 5) is 42.1. The standard InChI is InChI=1S/C21H23N3O3S2/c1-14-6-10-19(28-14)17(26)9-7-15(25)8-11-20(27)22-12-13-23-21-24-16-4-2-3-5-18(16)29-21/h2-6,10H,7-9,11-13H2,1H3,(H,22,27)(H,23,24). The van der Waals surface area contributed by atoms with Crippen LogP contribution in [0.5, 0.6) is 0 Å². The zero-order valence-electron chi connectivity index (χ0n) is 16.2. The Kier molecular flexibility index (Phi) is 7.48. The van der Waals surface area contributed by atoms with E-state index in [0.29, 0.717) is 18.0 Å². The molecule has 0 aliphatic carbocycles. The number of fused-ring (bicyclic) bond motifs is 1. The number of amides is 1. The van der Waals surface area contributed by atoms with Gasteiger partial charge < -0.3 is 10.6 Å². The first kappa shape index (κ1) is 21.1. The molecule has 3 aromatic rings. The van der Waals surface area contributed by atoms with E-state index in [1.807, 2.05) is 37.3 Å². The first-order valence-electron chi connectivity index (χ1n) is 9.49. The lowest BCUT2D eigenvalue weighted by Gasteiger charge is -2.05. The summed E-state index contributed by atoms with van der Waals surface area (Å²) in [5, 5.41) is 6.81. The summed E-state index contributed by atoms with van der Waals surface area (Å²) in [7, 11) is 0. The number of benzene rings is 1. The molecular formula is C21H23N3O3S2. The Labute approximate surface area is 177 Å². The van der Waals surface area contributed by atoms with Crippen molar-refractivity contribution in [2.75, 3.05) is 18.4 Å². The fourth-order valence-corrected chi connectivity index (χ4v) is 4.47. The number of anilines is 1. The molecule has 0 radical (unpaired) electrons. The summed E-state index contributed by atoms with van der Waals surface area (Å²) < 4.78 is 1.12. The maximum absolute atomic E-state index is 12.0. The number of carbonyl (C=O) groups excluding carboxylic acids is 3. The molecule has 2 heterocycles. The van der Waals surface area contributed by atoms with Crippen molar-refractivity contribution in [1.82, 2.24) is 10.3 Å². The molecule has 0 aliphatic rings. The molecule has 0 bridgehead atoms. The number of nitrogens with zero attached hydrogens (tertiary/aromatic N) is 1. The number of carbonyl (C=O) groups is 3. The lowest BCUT2D eigenvalue weighted by atomic mass is 10.1. The fourth-order valence-electron chi connectivity index (χ4n) is 2.75. The van der Waals surface area contributed by atoms with Crippen molar-refractivity contribution in [1.29, 1.82) is 0 Å². The van der Waals surface area contributed by atoms with Gasteiger partial charge >= 0.3 is 0 Å². The molecule has 2 aromatic heterocycles. The second-order valence-corrected chi connectivity index (χ2v) is 8.95. The maximum Gasteiger partial charge on any atom is 0.220 e. The van der Waals surface area contributed by atoms with Gasteiger partial charge in [0, 0.05) is 43.6 Å². The molecule has 29 heavy (non-hydrogen) atoms. The summed E-state index contributed by atoms with van der Waals surface area (Å²) in [6.07, 6.45) is 0.689. The number of Topliss-reactive ketones (excluding diaryl/α,β-unsaturated/α-hetero) is 2. The van der Waals surface area contributed by atoms with Crippen LogP contribution in [0.4, 0.5) is 5.13 Å². The minimum Gasteiger partial charge on any atom is -0.360 e. The lowest BCUT2D eigenvalue weighted by Crippen LogP contribution is -2.29. The van der Waals surface area contributed by atoms with Crippen molar-refractivity contribution in [2.45, 2.75) is 32.6 Å². The molecule has 8 heteroatoms. The summed E-state index contributed by atoms with van der Waals surface area (Å²) in [5.74, 6) is -0.235. The normalized spacial score (nSPS) is 10.8. The zero-order valence-corrected chi connectivity index (χ0v) is 17.8. The summed E-state index contributed by atoms with van der Waals surface area (Å²) in [6, 6.07) is 11.6. The van der Waals surface area contributed by atoms with Crippen LogP contribution in [0.15, 0.2) is 36.4 Å². The third kappa shape index (κ3) is 6.47. The van der Waals surface area contributed by atoms with E-state index in [0.717, 1.165) is 20.2 Å². The third-order valence-electron chi connectivity index (χ3n) is 4.29. The van der Waals surface area contributed by atoms with Crippen LogP contribution in [0.25, 0.3) is 10.2 Å². The van der Waals surface area contributed by atoms with Crippen molar-refractivity contribution < 1.29 is 14.4 Å². The van der Waals surface area contributed by atoms with E-state index in [2.05, 4.69) is 15.6 Å². The molecular weight excluding hydrogens is 406 g/mol. The van der Waals surface area contributed by atoms with Gasteiger partial charge in [0.2, 0.25) is 5.91 Å². The Hall–Kier alpha value is -2.58. The SMILES string of the molecule is Cc1ccc(C(=O)CCC(=O)CCC(=O)NCCNc2nc3ccccc3s2)s1. The number of thiophene rings is 1. The quantitative estimate of drug-likeness (QED) is 0.352. The smallest absolute Gasteiger partial charge is 0.220 e. The molecule has 0 aliphatic heterocycles. The monoisotopic (exact) mass is 429 g/mol. The minimum absolute atomic E-state index is 0.0122. The van der Waals surface area contributed by atoms with E-state index >= 15 is 0 Å². The Balaban J connectivity index is 1.28. The average molecular weight is 430 g/mol. The van der Waals surface area contributed by atoms with Gasteiger partial charge in [-0.2, -0.15) is 0 Å². The number of thiazole rings is 1. The molecule has 6 nitrogen and oxygen atoms in total.